The molecule has 0 aliphatic rings. The zero-order valence-electron chi connectivity index (χ0n) is 11.1. The van der Waals surface area contributed by atoms with E-state index in [0.717, 1.165) is 10.4 Å². The average molecular weight is 274 g/mol. The standard InChI is InChI=1S/C15H18N2OS/c1-11-5-3-6-12(9-11)15(13-7-4-8-19-13)17-14(18)10-16-2/h3-9,15-16H,10H2,1-2H3,(H,17,18)/t15-/m1/s1. The molecule has 4 heteroatoms. The van der Waals surface area contributed by atoms with Crippen molar-refractivity contribution < 1.29 is 4.79 Å². The summed E-state index contributed by atoms with van der Waals surface area (Å²) < 4.78 is 0. The Labute approximate surface area is 117 Å². The second kappa shape index (κ2) is 6.50. The van der Waals surface area contributed by atoms with Crippen LogP contribution in [-0.2, 0) is 4.79 Å². The molecule has 2 N–H and O–H groups in total. The zero-order chi connectivity index (χ0) is 13.7. The second-order valence-electron chi connectivity index (χ2n) is 4.46. The molecule has 0 bridgehead atoms. The number of hydrogen-bond acceptors (Lipinski definition) is 3. The molecule has 1 aromatic heterocycles. The predicted octanol–water partition coefficient (Wildman–Crippen LogP) is 2.48. The maximum absolute atomic E-state index is 11.8. The highest BCUT2D eigenvalue weighted by molar-refractivity contribution is 7.10. The van der Waals surface area contributed by atoms with Crippen LogP contribution < -0.4 is 10.6 Å². The van der Waals surface area contributed by atoms with Gasteiger partial charge in [0.15, 0.2) is 0 Å². The number of carbonyl (C=O) groups excluding carboxylic acids is 1. The highest BCUT2D eigenvalue weighted by Gasteiger charge is 2.17. The highest BCUT2D eigenvalue weighted by Crippen LogP contribution is 2.26. The summed E-state index contributed by atoms with van der Waals surface area (Å²) in [6, 6.07) is 12.2. The van der Waals surface area contributed by atoms with E-state index in [4.69, 9.17) is 0 Å². The number of thiophene rings is 1. The molecule has 2 aromatic rings. The van der Waals surface area contributed by atoms with Crippen LogP contribution in [0.1, 0.15) is 22.0 Å². The van der Waals surface area contributed by atoms with Crippen LogP contribution in [-0.4, -0.2) is 19.5 Å². The third-order valence-electron chi connectivity index (χ3n) is 2.85. The average Bonchev–Trinajstić information content (AvgIpc) is 2.90. The van der Waals surface area contributed by atoms with E-state index in [0.29, 0.717) is 6.54 Å². The molecule has 1 atom stereocenters. The van der Waals surface area contributed by atoms with Crippen LogP contribution in [0.5, 0.6) is 0 Å². The quantitative estimate of drug-likeness (QED) is 0.879. The fourth-order valence-electron chi connectivity index (χ4n) is 2.00. The number of benzene rings is 1. The van der Waals surface area contributed by atoms with Gasteiger partial charge in [-0.05, 0) is 31.0 Å². The minimum absolute atomic E-state index is 0.00223. The van der Waals surface area contributed by atoms with Gasteiger partial charge in [-0.3, -0.25) is 4.79 Å². The fourth-order valence-corrected chi connectivity index (χ4v) is 2.80. The van der Waals surface area contributed by atoms with Crippen LogP contribution in [0.3, 0.4) is 0 Å². The largest absolute Gasteiger partial charge is 0.343 e. The van der Waals surface area contributed by atoms with E-state index < -0.39 is 0 Å². The molecule has 0 aliphatic heterocycles. The van der Waals surface area contributed by atoms with Gasteiger partial charge < -0.3 is 10.6 Å². The Kier molecular flexibility index (Phi) is 4.71. The van der Waals surface area contributed by atoms with Crippen LogP contribution in [0.25, 0.3) is 0 Å². The minimum Gasteiger partial charge on any atom is -0.343 e. The monoisotopic (exact) mass is 274 g/mol. The molecule has 19 heavy (non-hydrogen) atoms. The summed E-state index contributed by atoms with van der Waals surface area (Å²) in [6.45, 7) is 2.39. The van der Waals surface area contributed by atoms with Gasteiger partial charge >= 0.3 is 0 Å². The summed E-state index contributed by atoms with van der Waals surface area (Å²) >= 11 is 1.66. The maximum Gasteiger partial charge on any atom is 0.234 e. The van der Waals surface area contributed by atoms with Crippen molar-refractivity contribution in [1.82, 2.24) is 10.6 Å². The predicted molar refractivity (Wildman–Crippen MR) is 79.4 cm³/mol. The summed E-state index contributed by atoms with van der Waals surface area (Å²) in [4.78, 5) is 13.0. The van der Waals surface area contributed by atoms with Gasteiger partial charge in [-0.1, -0.05) is 35.9 Å². The van der Waals surface area contributed by atoms with E-state index in [1.54, 1.807) is 18.4 Å². The highest BCUT2D eigenvalue weighted by atomic mass is 32.1. The van der Waals surface area contributed by atoms with E-state index >= 15 is 0 Å². The van der Waals surface area contributed by atoms with Gasteiger partial charge in [0.2, 0.25) is 5.91 Å². The Hall–Kier alpha value is -1.65. The Balaban J connectivity index is 2.27. The smallest absolute Gasteiger partial charge is 0.234 e. The molecule has 0 fully saturated rings. The Bertz CT molecular complexity index is 537. The van der Waals surface area contributed by atoms with Crippen molar-refractivity contribution in [1.29, 1.82) is 0 Å². The van der Waals surface area contributed by atoms with E-state index in [9.17, 15) is 4.79 Å². The van der Waals surface area contributed by atoms with Gasteiger partial charge in [-0.15, -0.1) is 11.3 Å². The Morgan fingerprint density at radius 3 is 2.79 bits per heavy atom. The lowest BCUT2D eigenvalue weighted by Crippen LogP contribution is -2.35. The number of aryl methyl sites for hydroxylation is 1. The first-order valence-electron chi connectivity index (χ1n) is 6.24. The van der Waals surface area contributed by atoms with Crippen LogP contribution in [0.4, 0.5) is 0 Å². The van der Waals surface area contributed by atoms with E-state index in [2.05, 4.69) is 41.8 Å². The maximum atomic E-state index is 11.8. The SMILES string of the molecule is CNCC(=O)N[C@H](c1cccc(C)c1)c1cccs1. The van der Waals surface area contributed by atoms with Crippen molar-refractivity contribution in [3.8, 4) is 0 Å². The molecule has 1 amide bonds. The number of nitrogens with one attached hydrogen (secondary N) is 2. The summed E-state index contributed by atoms with van der Waals surface area (Å²) in [5, 5.41) is 7.98. The van der Waals surface area contributed by atoms with Gasteiger partial charge in [0.05, 0.1) is 12.6 Å². The molecule has 2 rings (SSSR count). The van der Waals surface area contributed by atoms with Crippen molar-refractivity contribution in [3.63, 3.8) is 0 Å². The van der Waals surface area contributed by atoms with Gasteiger partial charge in [0.1, 0.15) is 0 Å². The molecule has 0 spiro atoms. The molecule has 1 aromatic carbocycles. The summed E-state index contributed by atoms with van der Waals surface area (Å²) in [5.74, 6) is 0.00223. The summed E-state index contributed by atoms with van der Waals surface area (Å²) in [7, 11) is 1.77. The molecule has 1 heterocycles. The van der Waals surface area contributed by atoms with E-state index in [-0.39, 0.29) is 11.9 Å². The Morgan fingerprint density at radius 2 is 2.16 bits per heavy atom. The number of amides is 1. The topological polar surface area (TPSA) is 41.1 Å². The first kappa shape index (κ1) is 13.8. The molecule has 0 radical (unpaired) electrons. The lowest BCUT2D eigenvalue weighted by molar-refractivity contribution is -0.120. The van der Waals surface area contributed by atoms with Crippen LogP contribution in [0, 0.1) is 6.92 Å². The summed E-state index contributed by atoms with van der Waals surface area (Å²) in [6.07, 6.45) is 0. The van der Waals surface area contributed by atoms with Crippen molar-refractivity contribution in [3.05, 3.63) is 57.8 Å². The van der Waals surface area contributed by atoms with Crippen LogP contribution >= 0.6 is 11.3 Å². The van der Waals surface area contributed by atoms with E-state index in [1.165, 1.54) is 5.56 Å². The van der Waals surface area contributed by atoms with E-state index in [1.807, 2.05) is 17.5 Å². The fraction of sp³-hybridized carbons (Fsp3) is 0.267. The third kappa shape index (κ3) is 3.66. The molecular formula is C15H18N2OS. The Morgan fingerprint density at radius 1 is 1.32 bits per heavy atom. The molecule has 0 saturated heterocycles. The molecule has 100 valence electrons. The van der Waals surface area contributed by atoms with Gasteiger partial charge in [0.25, 0.3) is 0 Å². The van der Waals surface area contributed by atoms with Crippen LogP contribution in [0.2, 0.25) is 0 Å². The van der Waals surface area contributed by atoms with Gasteiger partial charge in [-0.25, -0.2) is 0 Å². The van der Waals surface area contributed by atoms with Gasteiger partial charge in [0, 0.05) is 4.88 Å². The second-order valence-corrected chi connectivity index (χ2v) is 5.44. The van der Waals surface area contributed by atoms with Gasteiger partial charge in [-0.2, -0.15) is 0 Å². The molecule has 0 aliphatic carbocycles. The van der Waals surface area contributed by atoms with Crippen LogP contribution in [0.15, 0.2) is 41.8 Å². The normalized spacial score (nSPS) is 12.1. The minimum atomic E-state index is -0.0688. The molecule has 3 nitrogen and oxygen atoms in total. The lowest BCUT2D eigenvalue weighted by Gasteiger charge is -2.18. The number of hydrogen-bond donors (Lipinski definition) is 2. The lowest BCUT2D eigenvalue weighted by atomic mass is 10.0. The number of carbonyl (C=O) groups is 1. The van der Waals surface area contributed by atoms with Crippen molar-refractivity contribution in [2.45, 2.75) is 13.0 Å². The zero-order valence-corrected chi connectivity index (χ0v) is 12.0. The molecule has 0 saturated carbocycles. The molecule has 0 unspecified atom stereocenters. The number of likely N-dealkylation sites (N-methyl/N-ethyl adjacent to an activating group) is 1. The first-order valence-corrected chi connectivity index (χ1v) is 7.12. The van der Waals surface area contributed by atoms with Crippen molar-refractivity contribution in [2.24, 2.45) is 0 Å². The number of rotatable bonds is 5. The first-order chi connectivity index (χ1) is 9.20. The molecular weight excluding hydrogens is 256 g/mol. The van der Waals surface area contributed by atoms with Crippen molar-refractivity contribution >= 4 is 17.2 Å². The summed E-state index contributed by atoms with van der Waals surface area (Å²) in [5.41, 5.74) is 2.31. The van der Waals surface area contributed by atoms with Crippen molar-refractivity contribution in [2.75, 3.05) is 13.6 Å². The third-order valence-corrected chi connectivity index (χ3v) is 3.78.